The van der Waals surface area contributed by atoms with E-state index in [2.05, 4.69) is 24.1 Å². The third-order valence-corrected chi connectivity index (χ3v) is 3.43. The Balaban J connectivity index is 2.05. The molecule has 1 aliphatic carbocycles. The second-order valence-electron chi connectivity index (χ2n) is 5.01. The number of aromatic nitrogens is 1. The molecule has 0 saturated heterocycles. The Kier molecular flexibility index (Phi) is 3.84. The summed E-state index contributed by atoms with van der Waals surface area (Å²) in [4.78, 5) is 16.3. The molecule has 0 aromatic carbocycles. The van der Waals surface area contributed by atoms with Gasteiger partial charge in [-0.2, -0.15) is 0 Å². The van der Waals surface area contributed by atoms with Gasteiger partial charge in [-0.05, 0) is 30.9 Å². The van der Waals surface area contributed by atoms with E-state index in [-0.39, 0.29) is 5.91 Å². The molecule has 1 aromatic heterocycles. The number of pyridine rings is 1. The van der Waals surface area contributed by atoms with E-state index in [0.29, 0.717) is 23.3 Å². The highest BCUT2D eigenvalue weighted by atomic mass is 16.1. The van der Waals surface area contributed by atoms with Gasteiger partial charge in [0.25, 0.3) is 5.91 Å². The predicted octanol–water partition coefficient (Wildman–Crippen LogP) is 2.14. The maximum absolute atomic E-state index is 12.1. The molecule has 4 heteroatoms. The van der Waals surface area contributed by atoms with Gasteiger partial charge >= 0.3 is 0 Å². The number of carbonyl (C=O) groups is 1. The van der Waals surface area contributed by atoms with Crippen molar-refractivity contribution in [2.24, 2.45) is 5.92 Å². The topological polar surface area (TPSA) is 68.0 Å². The Morgan fingerprint density at radius 2 is 2.28 bits per heavy atom. The van der Waals surface area contributed by atoms with Crippen LogP contribution in [0.15, 0.2) is 12.1 Å². The average Bonchev–Trinajstić information content (AvgIpc) is 3.07. The van der Waals surface area contributed by atoms with Gasteiger partial charge in [0.1, 0.15) is 5.82 Å². The zero-order valence-electron chi connectivity index (χ0n) is 11.1. The molecule has 3 N–H and O–H groups in total. The zero-order chi connectivity index (χ0) is 13.1. The molecule has 98 valence electrons. The number of nitrogens with zero attached hydrogens (tertiary/aromatic N) is 1. The van der Waals surface area contributed by atoms with E-state index in [0.717, 1.165) is 31.4 Å². The van der Waals surface area contributed by atoms with Crippen molar-refractivity contribution >= 4 is 11.7 Å². The lowest BCUT2D eigenvalue weighted by Gasteiger charge is -2.07. The first kappa shape index (κ1) is 12.9. The highest BCUT2D eigenvalue weighted by molar-refractivity contribution is 5.95. The van der Waals surface area contributed by atoms with Crippen molar-refractivity contribution < 1.29 is 4.79 Å². The normalized spacial score (nSPS) is 21.7. The molecule has 1 aliphatic rings. The predicted molar refractivity (Wildman–Crippen MR) is 72.3 cm³/mol. The van der Waals surface area contributed by atoms with Crippen LogP contribution in [-0.2, 0) is 6.42 Å². The summed E-state index contributed by atoms with van der Waals surface area (Å²) in [5.74, 6) is 1.06. The monoisotopic (exact) mass is 247 g/mol. The first-order valence-electron chi connectivity index (χ1n) is 6.71. The number of rotatable bonds is 5. The number of nitrogens with two attached hydrogens (primary N) is 1. The smallest absolute Gasteiger partial charge is 0.251 e. The van der Waals surface area contributed by atoms with Crippen LogP contribution in [0, 0.1) is 5.92 Å². The van der Waals surface area contributed by atoms with Crippen molar-refractivity contribution in [2.45, 2.75) is 45.6 Å². The molecule has 0 spiro atoms. The molecule has 2 atom stereocenters. The number of hydrogen-bond donors (Lipinski definition) is 2. The summed E-state index contributed by atoms with van der Waals surface area (Å²) in [7, 11) is 0. The van der Waals surface area contributed by atoms with E-state index >= 15 is 0 Å². The molecule has 0 aliphatic heterocycles. The molecule has 1 heterocycles. The fourth-order valence-corrected chi connectivity index (χ4v) is 2.25. The van der Waals surface area contributed by atoms with Crippen molar-refractivity contribution in [1.29, 1.82) is 0 Å². The number of nitrogens with one attached hydrogen (secondary N) is 1. The van der Waals surface area contributed by atoms with Gasteiger partial charge < -0.3 is 11.1 Å². The Labute approximate surface area is 108 Å². The lowest BCUT2D eigenvalue weighted by molar-refractivity contribution is 0.0949. The molecule has 2 unspecified atom stereocenters. The third kappa shape index (κ3) is 3.00. The van der Waals surface area contributed by atoms with Crippen LogP contribution < -0.4 is 11.1 Å². The standard InChI is InChI=1S/C14H21N3O/c1-3-5-11-6-10(8-13(15)16-11)14(18)17-12-7-9(12)4-2/h6,8-9,12H,3-5,7H2,1-2H3,(H2,15,16)(H,17,18). The van der Waals surface area contributed by atoms with Crippen molar-refractivity contribution in [1.82, 2.24) is 10.3 Å². The fourth-order valence-electron chi connectivity index (χ4n) is 2.25. The lowest BCUT2D eigenvalue weighted by atomic mass is 10.1. The maximum atomic E-state index is 12.1. The van der Waals surface area contributed by atoms with Gasteiger partial charge in [0.05, 0.1) is 0 Å². The lowest BCUT2D eigenvalue weighted by Crippen LogP contribution is -2.27. The largest absolute Gasteiger partial charge is 0.384 e. The molecule has 2 rings (SSSR count). The minimum absolute atomic E-state index is 0.0256. The molecular weight excluding hydrogens is 226 g/mol. The molecule has 1 aromatic rings. The average molecular weight is 247 g/mol. The van der Waals surface area contributed by atoms with E-state index < -0.39 is 0 Å². The molecule has 1 fully saturated rings. The molecule has 4 nitrogen and oxygen atoms in total. The Bertz CT molecular complexity index is 445. The SMILES string of the molecule is CCCc1cc(C(=O)NC2CC2CC)cc(N)n1. The van der Waals surface area contributed by atoms with Crippen LogP contribution in [0.1, 0.15) is 49.2 Å². The summed E-state index contributed by atoms with van der Waals surface area (Å²) < 4.78 is 0. The van der Waals surface area contributed by atoms with Gasteiger partial charge in [-0.3, -0.25) is 4.79 Å². The van der Waals surface area contributed by atoms with E-state index in [1.807, 2.05) is 6.07 Å². The van der Waals surface area contributed by atoms with Crippen LogP contribution in [0.25, 0.3) is 0 Å². The van der Waals surface area contributed by atoms with Gasteiger partial charge in [0.2, 0.25) is 0 Å². The molecule has 18 heavy (non-hydrogen) atoms. The van der Waals surface area contributed by atoms with Gasteiger partial charge in [-0.1, -0.05) is 26.7 Å². The van der Waals surface area contributed by atoms with Gasteiger partial charge in [-0.25, -0.2) is 4.98 Å². The number of carbonyl (C=O) groups excluding carboxylic acids is 1. The highest BCUT2D eigenvalue weighted by Crippen LogP contribution is 2.33. The summed E-state index contributed by atoms with van der Waals surface area (Å²) >= 11 is 0. The highest BCUT2D eigenvalue weighted by Gasteiger charge is 2.36. The van der Waals surface area contributed by atoms with Gasteiger partial charge in [-0.15, -0.1) is 0 Å². The second-order valence-corrected chi connectivity index (χ2v) is 5.01. The van der Waals surface area contributed by atoms with Crippen LogP contribution in [0.3, 0.4) is 0 Å². The quantitative estimate of drug-likeness (QED) is 0.837. The van der Waals surface area contributed by atoms with Gasteiger partial charge in [0.15, 0.2) is 0 Å². The van der Waals surface area contributed by atoms with E-state index in [1.54, 1.807) is 6.07 Å². The fraction of sp³-hybridized carbons (Fsp3) is 0.571. The Hall–Kier alpha value is -1.58. The van der Waals surface area contributed by atoms with Crippen LogP contribution in [0.2, 0.25) is 0 Å². The summed E-state index contributed by atoms with van der Waals surface area (Å²) in [6.45, 7) is 4.24. The number of amides is 1. The Morgan fingerprint density at radius 1 is 1.50 bits per heavy atom. The first-order valence-corrected chi connectivity index (χ1v) is 6.71. The number of hydrogen-bond acceptors (Lipinski definition) is 3. The summed E-state index contributed by atoms with van der Waals surface area (Å²) in [5.41, 5.74) is 7.26. The molecule has 0 bridgehead atoms. The molecule has 1 amide bonds. The summed E-state index contributed by atoms with van der Waals surface area (Å²) in [5, 5.41) is 3.05. The summed E-state index contributed by atoms with van der Waals surface area (Å²) in [6.07, 6.45) is 4.08. The van der Waals surface area contributed by atoms with Crippen LogP contribution >= 0.6 is 0 Å². The van der Waals surface area contributed by atoms with Crippen LogP contribution in [-0.4, -0.2) is 16.9 Å². The summed E-state index contributed by atoms with van der Waals surface area (Å²) in [6, 6.07) is 3.85. The number of nitrogen functional groups attached to an aromatic ring is 1. The van der Waals surface area contributed by atoms with Crippen molar-refractivity contribution in [2.75, 3.05) is 5.73 Å². The minimum Gasteiger partial charge on any atom is -0.384 e. The molecular formula is C14H21N3O. The van der Waals surface area contributed by atoms with Crippen LogP contribution in [0.4, 0.5) is 5.82 Å². The number of anilines is 1. The second kappa shape index (κ2) is 5.38. The molecule has 1 saturated carbocycles. The van der Waals surface area contributed by atoms with Crippen molar-refractivity contribution in [3.8, 4) is 0 Å². The van der Waals surface area contributed by atoms with Crippen molar-refractivity contribution in [3.63, 3.8) is 0 Å². The first-order chi connectivity index (χ1) is 8.63. The van der Waals surface area contributed by atoms with E-state index in [4.69, 9.17) is 5.73 Å². The Morgan fingerprint density at radius 3 is 2.89 bits per heavy atom. The van der Waals surface area contributed by atoms with Crippen LogP contribution in [0.5, 0.6) is 0 Å². The third-order valence-electron chi connectivity index (χ3n) is 3.43. The van der Waals surface area contributed by atoms with E-state index in [1.165, 1.54) is 0 Å². The minimum atomic E-state index is -0.0256. The van der Waals surface area contributed by atoms with Gasteiger partial charge in [0, 0.05) is 17.3 Å². The van der Waals surface area contributed by atoms with Crippen molar-refractivity contribution in [3.05, 3.63) is 23.4 Å². The van der Waals surface area contributed by atoms with E-state index in [9.17, 15) is 4.79 Å². The zero-order valence-corrected chi connectivity index (χ0v) is 11.1. The maximum Gasteiger partial charge on any atom is 0.251 e. The molecule has 0 radical (unpaired) electrons. The number of aryl methyl sites for hydroxylation is 1.